The van der Waals surface area contributed by atoms with Gasteiger partial charge in [0.25, 0.3) is 5.91 Å². The zero-order chi connectivity index (χ0) is 13.6. The van der Waals surface area contributed by atoms with Gasteiger partial charge >= 0.3 is 0 Å². The van der Waals surface area contributed by atoms with Gasteiger partial charge in [-0.15, -0.1) is 0 Å². The van der Waals surface area contributed by atoms with Gasteiger partial charge in [-0.3, -0.25) is 4.79 Å². The van der Waals surface area contributed by atoms with E-state index in [0.717, 1.165) is 11.3 Å². The van der Waals surface area contributed by atoms with Gasteiger partial charge in [-0.1, -0.05) is 25.4 Å². The average molecular weight is 275 g/mol. The van der Waals surface area contributed by atoms with Crippen molar-refractivity contribution in [3.8, 4) is 0 Å². The third kappa shape index (κ3) is 2.15. The number of anilines is 1. The lowest BCUT2D eigenvalue weighted by molar-refractivity contribution is 0.102. The van der Waals surface area contributed by atoms with Crippen LogP contribution in [0.3, 0.4) is 0 Å². The number of amides is 1. The van der Waals surface area contributed by atoms with E-state index >= 15 is 0 Å². The summed E-state index contributed by atoms with van der Waals surface area (Å²) in [6, 6.07) is 7.51. The summed E-state index contributed by atoms with van der Waals surface area (Å²) in [5.74, 6) is 0.346. The van der Waals surface area contributed by atoms with Crippen molar-refractivity contribution in [2.45, 2.75) is 26.3 Å². The molecule has 0 fully saturated rings. The van der Waals surface area contributed by atoms with Gasteiger partial charge in [-0.05, 0) is 41.3 Å². The number of hydrogen-bond acceptors (Lipinski definition) is 1. The second-order valence-electron chi connectivity index (χ2n) is 5.20. The topological polar surface area (TPSA) is 34.0 Å². The lowest BCUT2D eigenvalue weighted by Gasteiger charge is -2.07. The van der Waals surface area contributed by atoms with Crippen LogP contribution in [0.1, 0.15) is 41.4 Å². The van der Waals surface area contributed by atoms with Gasteiger partial charge in [0, 0.05) is 23.5 Å². The van der Waals surface area contributed by atoms with Crippen LogP contribution in [-0.4, -0.2) is 10.5 Å². The highest BCUT2D eigenvalue weighted by molar-refractivity contribution is 6.30. The molecule has 3 rings (SSSR count). The number of hydrogen-bond donors (Lipinski definition) is 1. The standard InChI is InChI=1S/C15H15ClN2O/c1-9(2)10-6-14-15(19)17-13-4-3-12(16)5-11(13)8-18(14)7-10/h3-7,9H,8H2,1-2H3,(H,17,19). The molecule has 0 saturated heterocycles. The molecule has 1 aromatic heterocycles. The predicted molar refractivity (Wildman–Crippen MR) is 77.0 cm³/mol. The van der Waals surface area contributed by atoms with E-state index in [-0.39, 0.29) is 5.91 Å². The Morgan fingerprint density at radius 2 is 2.11 bits per heavy atom. The van der Waals surface area contributed by atoms with E-state index in [0.29, 0.717) is 23.2 Å². The number of rotatable bonds is 1. The summed E-state index contributed by atoms with van der Waals surface area (Å²) in [6.07, 6.45) is 2.05. The Labute approximate surface area is 117 Å². The number of nitrogens with one attached hydrogen (secondary N) is 1. The highest BCUT2D eigenvalue weighted by Crippen LogP contribution is 2.28. The molecule has 0 aliphatic carbocycles. The maximum Gasteiger partial charge on any atom is 0.272 e. The minimum atomic E-state index is -0.0621. The van der Waals surface area contributed by atoms with Crippen LogP contribution >= 0.6 is 11.6 Å². The number of carbonyl (C=O) groups is 1. The SMILES string of the molecule is CC(C)c1cc2n(c1)Cc1cc(Cl)ccc1NC2=O. The molecule has 0 atom stereocenters. The van der Waals surface area contributed by atoms with E-state index in [1.165, 1.54) is 5.56 Å². The molecule has 2 aromatic rings. The molecule has 19 heavy (non-hydrogen) atoms. The summed E-state index contributed by atoms with van der Waals surface area (Å²) in [5.41, 5.74) is 3.75. The van der Waals surface area contributed by atoms with E-state index in [9.17, 15) is 4.79 Å². The average Bonchev–Trinajstić information content (AvgIpc) is 2.72. The van der Waals surface area contributed by atoms with Crippen molar-refractivity contribution in [2.24, 2.45) is 0 Å². The minimum Gasteiger partial charge on any atom is -0.339 e. The molecule has 1 N–H and O–H groups in total. The molecule has 0 radical (unpaired) electrons. The van der Waals surface area contributed by atoms with Crippen LogP contribution in [0, 0.1) is 0 Å². The maximum atomic E-state index is 12.2. The van der Waals surface area contributed by atoms with Crippen LogP contribution in [0.25, 0.3) is 0 Å². The number of aromatic nitrogens is 1. The summed E-state index contributed by atoms with van der Waals surface area (Å²) in [7, 11) is 0. The van der Waals surface area contributed by atoms with E-state index in [1.54, 1.807) is 6.07 Å². The van der Waals surface area contributed by atoms with Crippen molar-refractivity contribution >= 4 is 23.2 Å². The van der Waals surface area contributed by atoms with E-state index in [1.807, 2.05) is 22.8 Å². The number of benzene rings is 1. The van der Waals surface area contributed by atoms with Crippen molar-refractivity contribution < 1.29 is 4.79 Å². The monoisotopic (exact) mass is 274 g/mol. The number of fused-ring (bicyclic) bond motifs is 2. The van der Waals surface area contributed by atoms with Gasteiger partial charge < -0.3 is 9.88 Å². The summed E-state index contributed by atoms with van der Waals surface area (Å²) in [6.45, 7) is 4.91. The van der Waals surface area contributed by atoms with Crippen molar-refractivity contribution in [2.75, 3.05) is 5.32 Å². The van der Waals surface area contributed by atoms with Crippen molar-refractivity contribution in [3.63, 3.8) is 0 Å². The van der Waals surface area contributed by atoms with Crippen LogP contribution in [-0.2, 0) is 6.54 Å². The first-order chi connectivity index (χ1) is 9.04. The van der Waals surface area contributed by atoms with Gasteiger partial charge in [-0.2, -0.15) is 0 Å². The van der Waals surface area contributed by atoms with E-state index in [4.69, 9.17) is 11.6 Å². The van der Waals surface area contributed by atoms with Crippen LogP contribution < -0.4 is 5.32 Å². The third-order valence-electron chi connectivity index (χ3n) is 3.47. The zero-order valence-corrected chi connectivity index (χ0v) is 11.7. The van der Waals surface area contributed by atoms with Crippen LogP contribution in [0.2, 0.25) is 5.02 Å². The molecule has 1 aliphatic heterocycles. The van der Waals surface area contributed by atoms with Gasteiger partial charge in [0.2, 0.25) is 0 Å². The number of halogens is 1. The molecule has 0 unspecified atom stereocenters. The van der Waals surface area contributed by atoms with Crippen molar-refractivity contribution in [1.29, 1.82) is 0 Å². The molecule has 0 bridgehead atoms. The second-order valence-corrected chi connectivity index (χ2v) is 5.63. The largest absolute Gasteiger partial charge is 0.339 e. The Morgan fingerprint density at radius 3 is 2.84 bits per heavy atom. The molecule has 98 valence electrons. The lowest BCUT2D eigenvalue weighted by atomic mass is 10.1. The van der Waals surface area contributed by atoms with E-state index < -0.39 is 0 Å². The minimum absolute atomic E-state index is 0.0621. The zero-order valence-electron chi connectivity index (χ0n) is 10.9. The summed E-state index contributed by atoms with van der Waals surface area (Å²) >= 11 is 6.03. The van der Waals surface area contributed by atoms with Crippen molar-refractivity contribution in [1.82, 2.24) is 4.57 Å². The molecule has 0 spiro atoms. The Kier molecular flexibility index (Phi) is 2.86. The molecule has 1 amide bonds. The third-order valence-corrected chi connectivity index (χ3v) is 3.71. The molecule has 0 saturated carbocycles. The number of nitrogens with zero attached hydrogens (tertiary/aromatic N) is 1. The van der Waals surface area contributed by atoms with Crippen LogP contribution in [0.5, 0.6) is 0 Å². The fourth-order valence-electron chi connectivity index (χ4n) is 2.35. The van der Waals surface area contributed by atoms with Gasteiger partial charge in [-0.25, -0.2) is 0 Å². The quantitative estimate of drug-likeness (QED) is 0.841. The predicted octanol–water partition coefficient (Wildman–Crippen LogP) is 3.88. The summed E-state index contributed by atoms with van der Waals surface area (Å²) in [5, 5.41) is 3.63. The lowest BCUT2D eigenvalue weighted by Crippen LogP contribution is -2.12. The molecule has 1 aromatic carbocycles. The summed E-state index contributed by atoms with van der Waals surface area (Å²) < 4.78 is 1.99. The normalized spacial score (nSPS) is 13.8. The molecule has 1 aliphatic rings. The van der Waals surface area contributed by atoms with Gasteiger partial charge in [0.05, 0.1) is 0 Å². The van der Waals surface area contributed by atoms with Crippen LogP contribution in [0.4, 0.5) is 5.69 Å². The fourth-order valence-corrected chi connectivity index (χ4v) is 2.55. The number of carbonyl (C=O) groups excluding carboxylic acids is 1. The van der Waals surface area contributed by atoms with Crippen molar-refractivity contribution in [3.05, 3.63) is 52.3 Å². The maximum absolute atomic E-state index is 12.2. The Balaban J connectivity index is 2.10. The Bertz CT molecular complexity index is 658. The summed E-state index contributed by atoms with van der Waals surface area (Å²) in [4.78, 5) is 12.2. The van der Waals surface area contributed by atoms with Crippen LogP contribution in [0.15, 0.2) is 30.5 Å². The first-order valence-corrected chi connectivity index (χ1v) is 6.72. The second kappa shape index (κ2) is 4.42. The first-order valence-electron chi connectivity index (χ1n) is 6.34. The molecule has 3 nitrogen and oxygen atoms in total. The fraction of sp³-hybridized carbons (Fsp3) is 0.267. The highest BCUT2D eigenvalue weighted by Gasteiger charge is 2.20. The Hall–Kier alpha value is -1.74. The Morgan fingerprint density at radius 1 is 1.32 bits per heavy atom. The van der Waals surface area contributed by atoms with Gasteiger partial charge in [0.1, 0.15) is 5.69 Å². The molecular formula is C15H15ClN2O. The van der Waals surface area contributed by atoms with Gasteiger partial charge in [0.15, 0.2) is 0 Å². The molecular weight excluding hydrogens is 260 g/mol. The molecule has 2 heterocycles. The van der Waals surface area contributed by atoms with E-state index in [2.05, 4.69) is 25.4 Å². The first kappa shape index (κ1) is 12.3. The highest BCUT2D eigenvalue weighted by atomic mass is 35.5. The molecule has 4 heteroatoms. The smallest absolute Gasteiger partial charge is 0.272 e.